The van der Waals surface area contributed by atoms with Crippen LogP contribution in [0.15, 0.2) is 76.5 Å². The van der Waals surface area contributed by atoms with E-state index in [2.05, 4.69) is 20.4 Å². The fourth-order valence-corrected chi connectivity index (χ4v) is 8.10. The molecule has 2 saturated heterocycles. The number of phenols is 3. The zero-order chi connectivity index (χ0) is 35.3. The summed E-state index contributed by atoms with van der Waals surface area (Å²) in [7, 11) is 0. The third kappa shape index (κ3) is 6.20. The van der Waals surface area contributed by atoms with Gasteiger partial charge in [0, 0.05) is 35.7 Å². The highest BCUT2D eigenvalue weighted by atomic mass is 32.2. The summed E-state index contributed by atoms with van der Waals surface area (Å²) < 4.78 is 1.46. The molecule has 0 spiro atoms. The van der Waals surface area contributed by atoms with Crippen LogP contribution in [0.5, 0.6) is 17.2 Å². The number of benzene rings is 2. The largest absolute Gasteiger partial charge is 0.508 e. The molecule has 0 radical (unpaired) electrons. The van der Waals surface area contributed by atoms with E-state index in [1.165, 1.54) is 33.3 Å². The van der Waals surface area contributed by atoms with E-state index in [1.807, 2.05) is 0 Å². The van der Waals surface area contributed by atoms with Gasteiger partial charge in [0.25, 0.3) is 11.7 Å². The molecule has 50 heavy (non-hydrogen) atoms. The first-order chi connectivity index (χ1) is 24.0. The monoisotopic (exact) mass is 715 g/mol. The number of β-lactam (4-membered cyclic amide) rings is 1. The van der Waals surface area contributed by atoms with Crippen molar-refractivity contribution in [1.82, 2.24) is 34.7 Å². The molecular formula is C33H29N7O8S2. The average Bonchev–Trinajstić information content (AvgIpc) is 3.67. The lowest BCUT2D eigenvalue weighted by molar-refractivity contribution is -0.150. The Kier molecular flexibility index (Phi) is 8.61. The molecule has 3 amide bonds. The second-order valence-electron chi connectivity index (χ2n) is 11.8. The van der Waals surface area contributed by atoms with Crippen molar-refractivity contribution < 1.29 is 39.6 Å². The van der Waals surface area contributed by atoms with Gasteiger partial charge in [-0.3, -0.25) is 19.3 Å². The Morgan fingerprint density at radius 3 is 2.58 bits per heavy atom. The highest BCUT2D eigenvalue weighted by molar-refractivity contribution is 8.00. The molecule has 3 aliphatic rings. The minimum atomic E-state index is -1.30. The van der Waals surface area contributed by atoms with E-state index in [9.17, 15) is 39.6 Å². The van der Waals surface area contributed by atoms with Crippen molar-refractivity contribution in [3.8, 4) is 28.6 Å². The normalized spacial score (nSPS) is 19.7. The molecule has 0 saturated carbocycles. The van der Waals surface area contributed by atoms with Crippen LogP contribution in [0.3, 0.4) is 0 Å². The van der Waals surface area contributed by atoms with E-state index < -0.39 is 29.2 Å². The van der Waals surface area contributed by atoms with Crippen LogP contribution in [0, 0.1) is 6.92 Å². The van der Waals surface area contributed by atoms with E-state index in [0.29, 0.717) is 46.9 Å². The van der Waals surface area contributed by atoms with Crippen molar-refractivity contribution in [2.45, 2.75) is 36.3 Å². The second-order valence-corrected chi connectivity index (χ2v) is 13.9. The van der Waals surface area contributed by atoms with Crippen LogP contribution in [0.25, 0.3) is 17.2 Å². The maximum absolute atomic E-state index is 13.3. The molecule has 0 aliphatic carbocycles. The Balaban J connectivity index is 1.01. The zero-order valence-corrected chi connectivity index (χ0v) is 27.9. The van der Waals surface area contributed by atoms with E-state index in [4.69, 9.17) is 0 Å². The smallest absolute Gasteiger partial charge is 0.352 e. The Morgan fingerprint density at radius 1 is 1.06 bits per heavy atom. The summed E-state index contributed by atoms with van der Waals surface area (Å²) >= 11 is 2.46. The molecule has 7 rings (SSSR count). The number of aromatic nitrogens is 4. The molecular weight excluding hydrogens is 687 g/mol. The van der Waals surface area contributed by atoms with Gasteiger partial charge in [-0.1, -0.05) is 23.9 Å². The number of rotatable bonds is 9. The van der Waals surface area contributed by atoms with Gasteiger partial charge in [-0.05, 0) is 67.0 Å². The molecule has 17 heteroatoms. The number of allylic oxidation sites excluding steroid dienone is 1. The van der Waals surface area contributed by atoms with Crippen LogP contribution < -0.4 is 5.32 Å². The van der Waals surface area contributed by atoms with Gasteiger partial charge in [0.1, 0.15) is 27.9 Å². The summed E-state index contributed by atoms with van der Waals surface area (Å²) in [6.07, 6.45) is 1.99. The first kappa shape index (κ1) is 33.0. The quantitative estimate of drug-likeness (QED) is 0.0555. The summed E-state index contributed by atoms with van der Waals surface area (Å²) in [6, 6.07) is 11.6. The molecule has 4 aromatic rings. The SMILES string of the molecule is Cc1cc(SCC(=O)N[C@@H]2C(=O)N3C(C(=O)O)=C(/C=C4\CCN(Cc5ccc(O)cc5)C4=O)CS[C@H]23)n2nc(-c3ccc(O)c(O)c3)nc2n1. The molecule has 2 fully saturated rings. The predicted molar refractivity (Wildman–Crippen MR) is 181 cm³/mol. The van der Waals surface area contributed by atoms with Gasteiger partial charge in [-0.15, -0.1) is 16.9 Å². The van der Waals surface area contributed by atoms with Crippen molar-refractivity contribution in [3.63, 3.8) is 0 Å². The lowest BCUT2D eigenvalue weighted by Crippen LogP contribution is -2.70. The third-order valence-corrected chi connectivity index (χ3v) is 10.7. The molecule has 15 nitrogen and oxygen atoms in total. The Bertz CT molecular complexity index is 2150. The Labute approximate surface area is 292 Å². The van der Waals surface area contributed by atoms with Crippen molar-refractivity contribution >= 4 is 53.0 Å². The Hall–Kier alpha value is -5.55. The molecule has 3 aliphatic heterocycles. The topological polar surface area (TPSA) is 211 Å². The highest BCUT2D eigenvalue weighted by Gasteiger charge is 2.54. The number of hydrogen-bond acceptors (Lipinski definition) is 12. The van der Waals surface area contributed by atoms with Gasteiger partial charge in [-0.25, -0.2) is 9.78 Å². The summed E-state index contributed by atoms with van der Waals surface area (Å²) in [5, 5.41) is 46.3. The number of carboxylic acids is 1. The fraction of sp³-hybridized carbons (Fsp3) is 0.242. The maximum Gasteiger partial charge on any atom is 0.352 e. The van der Waals surface area contributed by atoms with Crippen LogP contribution in [-0.2, 0) is 25.7 Å². The average molecular weight is 716 g/mol. The number of hydrogen-bond donors (Lipinski definition) is 5. The molecule has 256 valence electrons. The number of phenolic OH excluding ortho intramolecular Hbond substituents is 3. The van der Waals surface area contributed by atoms with Gasteiger partial charge in [-0.2, -0.15) is 9.50 Å². The Morgan fingerprint density at radius 2 is 1.84 bits per heavy atom. The number of aromatic hydroxyl groups is 3. The summed E-state index contributed by atoms with van der Waals surface area (Å²) in [5.41, 5.74) is 2.53. The lowest BCUT2D eigenvalue weighted by atomic mass is 10.0. The first-order valence-electron chi connectivity index (χ1n) is 15.3. The number of nitrogens with zero attached hydrogens (tertiary/aromatic N) is 6. The number of aliphatic carboxylic acids is 1. The van der Waals surface area contributed by atoms with E-state index in [0.717, 1.165) is 17.3 Å². The molecule has 5 heterocycles. The number of nitrogens with one attached hydrogen (secondary N) is 1. The number of likely N-dealkylation sites (tertiary alicyclic amines) is 1. The van der Waals surface area contributed by atoms with Crippen LogP contribution in [0.1, 0.15) is 17.7 Å². The van der Waals surface area contributed by atoms with Gasteiger partial charge in [0.2, 0.25) is 11.8 Å². The minimum Gasteiger partial charge on any atom is -0.508 e. The van der Waals surface area contributed by atoms with Crippen LogP contribution >= 0.6 is 23.5 Å². The number of amides is 3. The van der Waals surface area contributed by atoms with Crippen molar-refractivity contribution in [1.29, 1.82) is 0 Å². The lowest BCUT2D eigenvalue weighted by Gasteiger charge is -2.49. The van der Waals surface area contributed by atoms with Crippen molar-refractivity contribution in [2.75, 3.05) is 18.1 Å². The minimum absolute atomic E-state index is 0.0867. The molecule has 2 atom stereocenters. The number of aryl methyl sites for hydroxylation is 1. The van der Waals surface area contributed by atoms with Gasteiger partial charge < -0.3 is 30.6 Å². The maximum atomic E-state index is 13.3. The van der Waals surface area contributed by atoms with Gasteiger partial charge in [0.05, 0.1) is 5.75 Å². The molecule has 0 unspecified atom stereocenters. The predicted octanol–water partition coefficient (Wildman–Crippen LogP) is 2.41. The number of carboxylic acid groups (broad SMARTS) is 1. The van der Waals surface area contributed by atoms with Crippen molar-refractivity contribution in [2.24, 2.45) is 0 Å². The highest BCUT2D eigenvalue weighted by Crippen LogP contribution is 2.41. The van der Waals surface area contributed by atoms with Crippen LogP contribution in [0.2, 0.25) is 0 Å². The van der Waals surface area contributed by atoms with E-state index in [-0.39, 0.29) is 52.0 Å². The number of carbonyl (C=O) groups excluding carboxylic acids is 3. The van der Waals surface area contributed by atoms with E-state index in [1.54, 1.807) is 54.3 Å². The fourth-order valence-electron chi connectivity index (χ4n) is 5.93. The number of fused-ring (bicyclic) bond motifs is 2. The zero-order valence-electron chi connectivity index (χ0n) is 26.3. The number of thioether (sulfide) groups is 2. The number of carbonyl (C=O) groups is 4. The van der Waals surface area contributed by atoms with Crippen LogP contribution in [-0.4, -0.2) is 103 Å². The van der Waals surface area contributed by atoms with E-state index >= 15 is 0 Å². The molecule has 2 aromatic carbocycles. The summed E-state index contributed by atoms with van der Waals surface area (Å²) in [6.45, 7) is 2.57. The first-order valence-corrected chi connectivity index (χ1v) is 17.4. The molecule has 0 bridgehead atoms. The standard InChI is InChI=1S/C33H29N7O8S2/c1-16-10-25(40-33(34-16)36-28(37-40)18-4-7-22(42)23(43)12-18)49-15-24(44)35-26-30(46)39-27(32(47)48)20(14-50-31(26)39)11-19-8-9-38(29(19)45)13-17-2-5-21(41)6-3-17/h2-7,10-12,26,31,41-43H,8-9,13-15H2,1H3,(H,35,44)(H,47,48)/b19-11+/t26-,31-/m1/s1. The second kappa shape index (κ2) is 13.1. The summed E-state index contributed by atoms with van der Waals surface area (Å²) in [4.78, 5) is 63.5. The summed E-state index contributed by atoms with van der Waals surface area (Å²) in [5.74, 6) is -2.33. The van der Waals surface area contributed by atoms with Gasteiger partial charge >= 0.3 is 5.97 Å². The van der Waals surface area contributed by atoms with Crippen LogP contribution in [0.4, 0.5) is 0 Å². The molecule has 5 N–H and O–H groups in total. The van der Waals surface area contributed by atoms with Gasteiger partial charge in [0.15, 0.2) is 17.3 Å². The molecule has 2 aromatic heterocycles. The van der Waals surface area contributed by atoms with Crippen molar-refractivity contribution in [3.05, 3.63) is 82.7 Å². The third-order valence-electron chi connectivity index (χ3n) is 8.38.